The smallest absolute Gasteiger partial charge is 0.211 e. The summed E-state index contributed by atoms with van der Waals surface area (Å²) in [5.41, 5.74) is -0.867. The lowest BCUT2D eigenvalue weighted by molar-refractivity contribution is 0.0303. The van der Waals surface area contributed by atoms with E-state index >= 15 is 0 Å². The molecule has 2 N–H and O–H groups in total. The van der Waals surface area contributed by atoms with Crippen LogP contribution in [0.1, 0.15) is 45.4 Å². The molecule has 0 aromatic rings. The van der Waals surface area contributed by atoms with Crippen LogP contribution in [0.2, 0.25) is 0 Å². The van der Waals surface area contributed by atoms with Crippen molar-refractivity contribution >= 4 is 21.6 Å². The Labute approximate surface area is 115 Å². The summed E-state index contributed by atoms with van der Waals surface area (Å²) < 4.78 is 26.1. The molecule has 1 atom stereocenters. The maximum atomic E-state index is 11.8. The van der Waals surface area contributed by atoms with E-state index in [9.17, 15) is 13.5 Å². The van der Waals surface area contributed by atoms with Crippen LogP contribution in [0.3, 0.4) is 0 Å². The van der Waals surface area contributed by atoms with Crippen molar-refractivity contribution < 1.29 is 13.5 Å². The summed E-state index contributed by atoms with van der Waals surface area (Å²) in [6, 6.07) is 0. The van der Waals surface area contributed by atoms with E-state index in [1.54, 1.807) is 6.92 Å². The van der Waals surface area contributed by atoms with Crippen molar-refractivity contribution in [3.05, 3.63) is 0 Å². The summed E-state index contributed by atoms with van der Waals surface area (Å²) >= 11 is 5.61. The van der Waals surface area contributed by atoms with Gasteiger partial charge in [0.25, 0.3) is 0 Å². The van der Waals surface area contributed by atoms with Gasteiger partial charge in [-0.3, -0.25) is 0 Å². The van der Waals surface area contributed by atoms with Gasteiger partial charge in [0, 0.05) is 12.4 Å². The second-order valence-electron chi connectivity index (χ2n) is 5.50. The van der Waals surface area contributed by atoms with Gasteiger partial charge in [0.2, 0.25) is 10.0 Å². The van der Waals surface area contributed by atoms with E-state index in [-0.39, 0.29) is 18.2 Å². The molecule has 0 bridgehead atoms. The molecule has 0 aromatic heterocycles. The van der Waals surface area contributed by atoms with Gasteiger partial charge in [-0.25, -0.2) is 13.1 Å². The molecule has 0 heterocycles. The highest BCUT2D eigenvalue weighted by atomic mass is 35.5. The van der Waals surface area contributed by atoms with Gasteiger partial charge in [0.1, 0.15) is 0 Å². The van der Waals surface area contributed by atoms with E-state index in [2.05, 4.69) is 4.72 Å². The zero-order chi connectivity index (χ0) is 13.6. The van der Waals surface area contributed by atoms with Crippen molar-refractivity contribution in [2.75, 3.05) is 18.2 Å². The van der Waals surface area contributed by atoms with Crippen LogP contribution in [0.15, 0.2) is 0 Å². The van der Waals surface area contributed by atoms with Gasteiger partial charge >= 0.3 is 0 Å². The SMILES string of the molecule is CC(CCl)CS(=O)(=O)NCC1(O)CCCCCC1. The third-order valence-electron chi connectivity index (χ3n) is 3.42. The Kier molecular flexibility index (Phi) is 6.38. The van der Waals surface area contributed by atoms with Crippen LogP contribution in [0.4, 0.5) is 0 Å². The van der Waals surface area contributed by atoms with Crippen LogP contribution >= 0.6 is 11.6 Å². The molecule has 1 unspecified atom stereocenters. The minimum absolute atomic E-state index is 0.0204. The molecule has 6 heteroatoms. The van der Waals surface area contributed by atoms with Gasteiger partial charge in [0.15, 0.2) is 0 Å². The Morgan fingerprint density at radius 3 is 2.33 bits per heavy atom. The van der Waals surface area contributed by atoms with Crippen LogP contribution in [-0.2, 0) is 10.0 Å². The molecular weight excluding hydrogens is 274 g/mol. The number of aliphatic hydroxyl groups is 1. The van der Waals surface area contributed by atoms with E-state index < -0.39 is 15.6 Å². The Hall–Kier alpha value is 0.160. The Bertz CT molecular complexity index is 337. The molecule has 0 aromatic carbocycles. The lowest BCUT2D eigenvalue weighted by atomic mass is 9.95. The van der Waals surface area contributed by atoms with Gasteiger partial charge in [-0.1, -0.05) is 32.6 Å². The van der Waals surface area contributed by atoms with Crippen LogP contribution in [0.25, 0.3) is 0 Å². The van der Waals surface area contributed by atoms with Gasteiger partial charge in [-0.05, 0) is 18.8 Å². The number of halogens is 1. The van der Waals surface area contributed by atoms with Gasteiger partial charge < -0.3 is 5.11 Å². The first-order valence-electron chi connectivity index (χ1n) is 6.63. The Morgan fingerprint density at radius 2 is 1.83 bits per heavy atom. The fourth-order valence-corrected chi connectivity index (χ4v) is 4.00. The molecule has 1 fully saturated rings. The first kappa shape index (κ1) is 16.2. The van der Waals surface area contributed by atoms with Crippen molar-refractivity contribution in [1.29, 1.82) is 0 Å². The summed E-state index contributed by atoms with van der Waals surface area (Å²) in [6.07, 6.45) is 5.55. The van der Waals surface area contributed by atoms with Crippen molar-refractivity contribution in [3.8, 4) is 0 Å². The third kappa shape index (κ3) is 5.87. The summed E-state index contributed by atoms with van der Waals surface area (Å²) in [4.78, 5) is 0. The van der Waals surface area contributed by atoms with E-state index in [1.165, 1.54) is 0 Å². The first-order chi connectivity index (χ1) is 8.37. The Balaban J connectivity index is 2.47. The molecule has 0 radical (unpaired) electrons. The fourth-order valence-electron chi connectivity index (χ4n) is 2.29. The van der Waals surface area contributed by atoms with E-state index in [4.69, 9.17) is 11.6 Å². The number of nitrogens with one attached hydrogen (secondary N) is 1. The van der Waals surface area contributed by atoms with Crippen LogP contribution in [-0.4, -0.2) is 37.3 Å². The van der Waals surface area contributed by atoms with Gasteiger partial charge in [-0.15, -0.1) is 11.6 Å². The molecule has 1 aliphatic rings. The van der Waals surface area contributed by atoms with Crippen LogP contribution in [0.5, 0.6) is 0 Å². The lowest BCUT2D eigenvalue weighted by Crippen LogP contribution is -2.43. The molecule has 0 aliphatic heterocycles. The topological polar surface area (TPSA) is 66.4 Å². The minimum Gasteiger partial charge on any atom is -0.389 e. The standard InChI is InChI=1S/C12H24ClNO3S/c1-11(8-13)9-18(16,17)14-10-12(15)6-4-2-3-5-7-12/h11,14-15H,2-10H2,1H3. The maximum Gasteiger partial charge on any atom is 0.211 e. The summed E-state index contributed by atoms with van der Waals surface area (Å²) in [5, 5.41) is 10.4. The highest BCUT2D eigenvalue weighted by Gasteiger charge is 2.29. The molecular formula is C12H24ClNO3S. The first-order valence-corrected chi connectivity index (χ1v) is 8.81. The van der Waals surface area contributed by atoms with Crippen molar-refractivity contribution in [2.45, 2.75) is 51.0 Å². The highest BCUT2D eigenvalue weighted by molar-refractivity contribution is 7.89. The normalized spacial score (nSPS) is 22.4. The predicted molar refractivity (Wildman–Crippen MR) is 74.3 cm³/mol. The molecule has 0 amide bonds. The number of hydrogen-bond donors (Lipinski definition) is 2. The van der Waals surface area contributed by atoms with Crippen LogP contribution < -0.4 is 4.72 Å². The molecule has 1 saturated carbocycles. The van der Waals surface area contributed by atoms with E-state index in [0.29, 0.717) is 18.7 Å². The molecule has 0 spiro atoms. The van der Waals surface area contributed by atoms with Crippen LogP contribution in [0, 0.1) is 5.92 Å². The average Bonchev–Trinajstić information content (AvgIpc) is 2.52. The maximum absolute atomic E-state index is 11.8. The van der Waals surface area contributed by atoms with Crippen molar-refractivity contribution in [1.82, 2.24) is 4.72 Å². The molecule has 18 heavy (non-hydrogen) atoms. The largest absolute Gasteiger partial charge is 0.389 e. The average molecular weight is 298 g/mol. The van der Waals surface area contributed by atoms with Gasteiger partial charge in [-0.2, -0.15) is 0 Å². The number of sulfonamides is 1. The second-order valence-corrected chi connectivity index (χ2v) is 7.66. The molecule has 108 valence electrons. The zero-order valence-electron chi connectivity index (χ0n) is 11.0. The van der Waals surface area contributed by atoms with Crippen molar-refractivity contribution in [2.24, 2.45) is 5.92 Å². The Morgan fingerprint density at radius 1 is 1.28 bits per heavy atom. The quantitative estimate of drug-likeness (QED) is 0.581. The van der Waals surface area contributed by atoms with E-state index in [0.717, 1.165) is 25.7 Å². The third-order valence-corrected chi connectivity index (χ3v) is 5.54. The van der Waals surface area contributed by atoms with Crippen molar-refractivity contribution in [3.63, 3.8) is 0 Å². The van der Waals surface area contributed by atoms with E-state index in [1.807, 2.05) is 0 Å². The number of rotatable bonds is 6. The molecule has 0 saturated heterocycles. The molecule has 1 rings (SSSR count). The highest BCUT2D eigenvalue weighted by Crippen LogP contribution is 2.26. The fraction of sp³-hybridized carbons (Fsp3) is 1.00. The summed E-state index contributed by atoms with van der Waals surface area (Å²) in [6.45, 7) is 1.93. The second kappa shape index (κ2) is 7.08. The monoisotopic (exact) mass is 297 g/mol. The zero-order valence-corrected chi connectivity index (χ0v) is 12.6. The molecule has 4 nitrogen and oxygen atoms in total. The number of hydrogen-bond acceptors (Lipinski definition) is 3. The predicted octanol–water partition coefficient (Wildman–Crippen LogP) is 1.87. The lowest BCUT2D eigenvalue weighted by Gasteiger charge is -2.27. The summed E-state index contributed by atoms with van der Waals surface area (Å²) in [5.74, 6) is 0.269. The van der Waals surface area contributed by atoms with Gasteiger partial charge in [0.05, 0.1) is 11.4 Å². The summed E-state index contributed by atoms with van der Waals surface area (Å²) in [7, 11) is -3.34. The molecule has 1 aliphatic carbocycles. The number of alkyl halides is 1. The minimum atomic E-state index is -3.34.